The quantitative estimate of drug-likeness (QED) is 0.273. The van der Waals surface area contributed by atoms with Crippen molar-refractivity contribution in [2.45, 2.75) is 146 Å². The van der Waals surface area contributed by atoms with Gasteiger partial charge in [-0.15, -0.1) is 0 Å². The van der Waals surface area contributed by atoms with Crippen LogP contribution in [0.4, 0.5) is 0 Å². The zero-order valence-corrected chi connectivity index (χ0v) is 25.6. The number of ether oxygens (including phenoxy) is 6. The van der Waals surface area contributed by atoms with Gasteiger partial charge in [-0.05, 0) is 51.9 Å². The van der Waals surface area contributed by atoms with Crippen molar-refractivity contribution >= 4 is 5.97 Å². The van der Waals surface area contributed by atoms with Gasteiger partial charge in [0, 0.05) is 33.5 Å². The van der Waals surface area contributed by atoms with E-state index >= 15 is 0 Å². The molecule has 2 bridgehead atoms. The first-order valence-corrected chi connectivity index (χ1v) is 15.1. The van der Waals surface area contributed by atoms with Crippen molar-refractivity contribution in [1.29, 1.82) is 0 Å². The second kappa shape index (κ2) is 15.4. The average molecular weight is 585 g/mol. The molecule has 11 atom stereocenters. The highest BCUT2D eigenvalue weighted by Gasteiger charge is 2.49. The number of hydrogen-bond donors (Lipinski definition) is 3. The summed E-state index contributed by atoms with van der Waals surface area (Å²) in [5.41, 5.74) is -0.908. The van der Waals surface area contributed by atoms with E-state index in [-0.39, 0.29) is 18.8 Å². The lowest BCUT2D eigenvalue weighted by atomic mass is 9.84. The molecule has 3 rings (SSSR count). The standard InChI is InChI=1S/C31H52O10/c1-7-8-9-10-11-12-15-30(4)18-24(32)20(2)13-14-22-16-23(17-31(35,40-22)19-25(33)41-30)39-29-28(37-6)26(34)27(36-5)21(3)38-29/h8-11,20-24,26-29,32,34-35H,7,12-19H2,1-6H3/b9-8+,11-10+/t20-,21-,22+,23-,24+,26+,27-,28+,29-,30-,31+/m1/s1. The zero-order valence-electron chi connectivity index (χ0n) is 25.6. The number of methoxy groups -OCH3 is 2. The van der Waals surface area contributed by atoms with E-state index < -0.39 is 66.4 Å². The van der Waals surface area contributed by atoms with Gasteiger partial charge in [0.25, 0.3) is 0 Å². The van der Waals surface area contributed by atoms with Crippen LogP contribution in [-0.2, 0) is 33.2 Å². The van der Waals surface area contributed by atoms with Crippen LogP contribution < -0.4 is 0 Å². The first-order valence-electron chi connectivity index (χ1n) is 15.1. The minimum atomic E-state index is -1.80. The van der Waals surface area contributed by atoms with Crippen molar-refractivity contribution in [3.05, 3.63) is 24.3 Å². The Morgan fingerprint density at radius 1 is 1.05 bits per heavy atom. The van der Waals surface area contributed by atoms with Crippen LogP contribution >= 0.6 is 0 Å². The fourth-order valence-electron chi connectivity index (χ4n) is 6.20. The first-order chi connectivity index (χ1) is 19.4. The number of rotatable bonds is 9. The molecule has 0 aromatic rings. The number of aliphatic hydroxyl groups excluding tert-OH is 2. The molecule has 0 unspecified atom stereocenters. The van der Waals surface area contributed by atoms with E-state index in [2.05, 4.69) is 13.0 Å². The third kappa shape index (κ3) is 9.56. The van der Waals surface area contributed by atoms with Crippen molar-refractivity contribution in [2.24, 2.45) is 5.92 Å². The van der Waals surface area contributed by atoms with E-state index in [1.54, 1.807) is 6.92 Å². The summed E-state index contributed by atoms with van der Waals surface area (Å²) in [6.07, 6.45) is 6.53. The number of aliphatic hydroxyl groups is 3. The van der Waals surface area contributed by atoms with Gasteiger partial charge >= 0.3 is 5.97 Å². The summed E-state index contributed by atoms with van der Waals surface area (Å²) in [4.78, 5) is 13.2. The molecule has 41 heavy (non-hydrogen) atoms. The first kappa shape index (κ1) is 34.1. The Hall–Kier alpha value is -1.37. The average Bonchev–Trinajstić information content (AvgIpc) is 2.88. The van der Waals surface area contributed by atoms with Crippen LogP contribution in [0.1, 0.15) is 85.5 Å². The second-order valence-corrected chi connectivity index (χ2v) is 12.2. The van der Waals surface area contributed by atoms with Crippen LogP contribution in [0.5, 0.6) is 0 Å². The summed E-state index contributed by atoms with van der Waals surface area (Å²) < 4.78 is 35.3. The fourth-order valence-corrected chi connectivity index (χ4v) is 6.20. The number of esters is 1. The zero-order chi connectivity index (χ0) is 30.2. The van der Waals surface area contributed by atoms with Gasteiger partial charge in [-0.25, -0.2) is 0 Å². The molecule has 3 aliphatic rings. The molecular formula is C31H52O10. The van der Waals surface area contributed by atoms with Crippen molar-refractivity contribution in [3.8, 4) is 0 Å². The molecule has 0 saturated carbocycles. The van der Waals surface area contributed by atoms with Crippen molar-refractivity contribution in [2.75, 3.05) is 14.2 Å². The van der Waals surface area contributed by atoms with E-state index in [4.69, 9.17) is 28.4 Å². The lowest BCUT2D eigenvalue weighted by Gasteiger charge is -2.46. The van der Waals surface area contributed by atoms with Gasteiger partial charge in [-0.3, -0.25) is 4.79 Å². The topological polar surface area (TPSA) is 133 Å². The lowest BCUT2D eigenvalue weighted by molar-refractivity contribution is -0.337. The predicted molar refractivity (Wildman–Crippen MR) is 152 cm³/mol. The predicted octanol–water partition coefficient (Wildman–Crippen LogP) is 3.55. The van der Waals surface area contributed by atoms with Gasteiger partial charge < -0.3 is 43.7 Å². The summed E-state index contributed by atoms with van der Waals surface area (Å²) >= 11 is 0. The summed E-state index contributed by atoms with van der Waals surface area (Å²) in [5, 5.41) is 33.4. The fraction of sp³-hybridized carbons (Fsp3) is 0.839. The van der Waals surface area contributed by atoms with Crippen LogP contribution in [0.3, 0.4) is 0 Å². The van der Waals surface area contributed by atoms with Gasteiger partial charge in [0.15, 0.2) is 12.1 Å². The van der Waals surface area contributed by atoms with Crippen molar-refractivity contribution in [3.63, 3.8) is 0 Å². The molecule has 3 fully saturated rings. The molecule has 3 N–H and O–H groups in total. The minimum absolute atomic E-state index is 0.0223. The summed E-state index contributed by atoms with van der Waals surface area (Å²) in [6.45, 7) is 7.68. The van der Waals surface area contributed by atoms with Gasteiger partial charge in [0.1, 0.15) is 23.9 Å². The highest BCUT2D eigenvalue weighted by Crippen LogP contribution is 2.38. The molecule has 0 aromatic carbocycles. The summed E-state index contributed by atoms with van der Waals surface area (Å²) in [5.74, 6) is -2.47. The van der Waals surface area contributed by atoms with E-state index in [9.17, 15) is 20.1 Å². The monoisotopic (exact) mass is 584 g/mol. The van der Waals surface area contributed by atoms with Crippen molar-refractivity contribution in [1.82, 2.24) is 0 Å². The maximum absolute atomic E-state index is 13.2. The van der Waals surface area contributed by atoms with Gasteiger partial charge in [-0.1, -0.05) is 38.2 Å². The molecule has 3 aliphatic heterocycles. The molecule has 0 amide bonds. The third-order valence-corrected chi connectivity index (χ3v) is 8.56. The smallest absolute Gasteiger partial charge is 0.311 e. The summed E-state index contributed by atoms with van der Waals surface area (Å²) in [6, 6.07) is 0. The molecule has 0 spiro atoms. The van der Waals surface area contributed by atoms with E-state index in [0.717, 1.165) is 6.42 Å². The highest BCUT2D eigenvalue weighted by atomic mass is 16.7. The van der Waals surface area contributed by atoms with Crippen LogP contribution in [0.2, 0.25) is 0 Å². The number of carbonyl (C=O) groups excluding carboxylic acids is 1. The Morgan fingerprint density at radius 2 is 1.76 bits per heavy atom. The molecule has 0 aromatic heterocycles. The Morgan fingerprint density at radius 3 is 2.44 bits per heavy atom. The van der Waals surface area contributed by atoms with E-state index in [1.165, 1.54) is 14.2 Å². The number of fused-ring (bicyclic) bond motifs is 2. The van der Waals surface area contributed by atoms with Crippen molar-refractivity contribution < 1.29 is 48.5 Å². The molecule has 10 heteroatoms. The molecule has 10 nitrogen and oxygen atoms in total. The maximum atomic E-state index is 13.2. The van der Waals surface area contributed by atoms with Crippen LogP contribution in [0.15, 0.2) is 24.3 Å². The highest BCUT2D eigenvalue weighted by molar-refractivity contribution is 5.71. The van der Waals surface area contributed by atoms with Crippen LogP contribution in [0.25, 0.3) is 0 Å². The van der Waals surface area contributed by atoms with Gasteiger partial charge in [-0.2, -0.15) is 0 Å². The molecular weight excluding hydrogens is 532 g/mol. The van der Waals surface area contributed by atoms with Crippen LogP contribution in [-0.4, -0.2) is 95.9 Å². The normalized spacial score (nSPS) is 43.0. The third-order valence-electron chi connectivity index (χ3n) is 8.56. The second-order valence-electron chi connectivity index (χ2n) is 12.2. The Kier molecular flexibility index (Phi) is 12.8. The minimum Gasteiger partial charge on any atom is -0.459 e. The largest absolute Gasteiger partial charge is 0.459 e. The van der Waals surface area contributed by atoms with Gasteiger partial charge in [0.05, 0.1) is 30.8 Å². The number of carbonyl (C=O) groups is 1. The number of allylic oxidation sites excluding steroid dienone is 4. The maximum Gasteiger partial charge on any atom is 0.311 e. The molecule has 0 aliphatic carbocycles. The number of cyclic esters (lactones) is 1. The SMILES string of the molecule is CC/C=C/C=C/CC[C@]1(C)C[C@H](O)[C@H](C)CC[C@H]2C[C@@H](O[C@H]3O[C@H](C)[C@@H](OC)[C@H](O)[C@@H]3OC)C[C@@](O)(CC(=O)O1)O2. The Labute approximate surface area is 245 Å². The van der Waals surface area contributed by atoms with Gasteiger partial charge in [0.2, 0.25) is 0 Å². The van der Waals surface area contributed by atoms with E-state index in [0.29, 0.717) is 38.5 Å². The Balaban J connectivity index is 1.75. The molecule has 0 radical (unpaired) electrons. The Bertz CT molecular complexity index is 879. The molecule has 236 valence electrons. The number of hydrogen-bond acceptors (Lipinski definition) is 10. The summed E-state index contributed by atoms with van der Waals surface area (Å²) in [7, 11) is 2.97. The van der Waals surface area contributed by atoms with Crippen LogP contribution in [0, 0.1) is 5.92 Å². The van der Waals surface area contributed by atoms with E-state index in [1.807, 2.05) is 32.1 Å². The lowest BCUT2D eigenvalue weighted by Crippen LogP contribution is -2.60. The molecule has 3 heterocycles. The molecule has 3 saturated heterocycles.